The minimum atomic E-state index is -0.542. The van der Waals surface area contributed by atoms with Gasteiger partial charge in [-0.25, -0.2) is 0 Å². The zero-order chi connectivity index (χ0) is 39.3. The highest BCUT2D eigenvalue weighted by molar-refractivity contribution is 6.10. The molecule has 10 aromatic rings. The van der Waals surface area contributed by atoms with Gasteiger partial charge in [-0.1, -0.05) is 178 Å². The molecule has 0 saturated heterocycles. The molecule has 3 aliphatic rings. The molecule has 0 atom stereocenters. The predicted octanol–water partition coefficient (Wildman–Crippen LogP) is 14.0. The van der Waals surface area contributed by atoms with Crippen LogP contribution in [0, 0.1) is 5.92 Å². The first kappa shape index (κ1) is 33.9. The van der Waals surface area contributed by atoms with Crippen molar-refractivity contribution in [2.24, 2.45) is 5.92 Å². The Hall–Kier alpha value is -7.16. The lowest BCUT2D eigenvalue weighted by Crippen LogP contribution is -2.49. The Bertz CT molecular complexity index is 3230. The van der Waals surface area contributed by atoms with E-state index in [0.29, 0.717) is 5.92 Å². The van der Waals surface area contributed by atoms with Crippen molar-refractivity contribution in [1.82, 2.24) is 9.13 Å². The van der Waals surface area contributed by atoms with Gasteiger partial charge in [-0.3, -0.25) is 0 Å². The zero-order valence-electron chi connectivity index (χ0n) is 33.2. The minimum absolute atomic E-state index is 0.386. The molecule has 0 fully saturated rings. The van der Waals surface area contributed by atoms with E-state index in [0.717, 1.165) is 11.4 Å². The third-order valence-electron chi connectivity index (χ3n) is 13.2. The number of fused-ring (bicyclic) bond motifs is 6. The topological polar surface area (TPSA) is 9.86 Å². The van der Waals surface area contributed by atoms with Gasteiger partial charge in [0.25, 0.3) is 0 Å². The SMILES string of the molecule is CC(C)/C=C\C1=CC2(c3cccc(-n4c5ccccc5c5ccccc54)c3)c3ccccc3C1(c1cccc(-n3c4ccccc4c4ccccc43)c1)c1ccccc12. The molecular weight excluding hydrogens is 713 g/mol. The summed E-state index contributed by atoms with van der Waals surface area (Å²) in [5, 5.41) is 5.08. The fourth-order valence-electron chi connectivity index (χ4n) is 10.9. The van der Waals surface area contributed by atoms with Crippen LogP contribution in [0.25, 0.3) is 55.0 Å². The second-order valence-corrected chi connectivity index (χ2v) is 16.7. The molecule has 2 heteroatoms. The molecule has 3 aliphatic carbocycles. The number of benzene rings is 8. The lowest BCUT2D eigenvalue weighted by atomic mass is 9.47. The van der Waals surface area contributed by atoms with E-state index in [1.165, 1.54) is 82.6 Å². The van der Waals surface area contributed by atoms with Crippen LogP contribution in [0.5, 0.6) is 0 Å². The van der Waals surface area contributed by atoms with Gasteiger partial charge in [0.05, 0.1) is 32.9 Å². The maximum Gasteiger partial charge on any atom is 0.0706 e. The van der Waals surface area contributed by atoms with E-state index in [1.807, 2.05) is 0 Å². The summed E-state index contributed by atoms with van der Waals surface area (Å²) in [6.45, 7) is 4.56. The molecule has 13 rings (SSSR count). The first-order chi connectivity index (χ1) is 29.1. The van der Waals surface area contributed by atoms with Crippen LogP contribution in [-0.4, -0.2) is 9.13 Å². The van der Waals surface area contributed by atoms with Gasteiger partial charge in [-0.05, 0) is 93.4 Å². The lowest BCUT2D eigenvalue weighted by Gasteiger charge is -2.55. The molecule has 2 aromatic heterocycles. The number of aromatic nitrogens is 2. The number of para-hydroxylation sites is 4. The van der Waals surface area contributed by atoms with Crippen LogP contribution in [0.2, 0.25) is 0 Å². The van der Waals surface area contributed by atoms with E-state index in [2.05, 4.69) is 235 Å². The van der Waals surface area contributed by atoms with Crippen LogP contribution in [0.15, 0.2) is 218 Å². The molecule has 0 spiro atoms. The fraction of sp³-hybridized carbons (Fsp3) is 0.0877. The Morgan fingerprint density at radius 1 is 0.407 bits per heavy atom. The largest absolute Gasteiger partial charge is 0.309 e. The second-order valence-electron chi connectivity index (χ2n) is 16.7. The number of hydrogen-bond donors (Lipinski definition) is 0. The molecule has 280 valence electrons. The molecule has 0 radical (unpaired) electrons. The van der Waals surface area contributed by atoms with Gasteiger partial charge in [0, 0.05) is 32.9 Å². The molecule has 8 aromatic carbocycles. The first-order valence-electron chi connectivity index (χ1n) is 20.9. The predicted molar refractivity (Wildman–Crippen MR) is 246 cm³/mol. The van der Waals surface area contributed by atoms with Crippen molar-refractivity contribution >= 4 is 43.6 Å². The average Bonchev–Trinajstić information content (AvgIpc) is 3.82. The van der Waals surface area contributed by atoms with E-state index < -0.39 is 10.8 Å². The Labute approximate surface area is 344 Å². The molecule has 0 saturated carbocycles. The Morgan fingerprint density at radius 2 is 0.797 bits per heavy atom. The van der Waals surface area contributed by atoms with Gasteiger partial charge in [0.15, 0.2) is 0 Å². The third-order valence-corrected chi connectivity index (χ3v) is 13.2. The summed E-state index contributed by atoms with van der Waals surface area (Å²) in [5.41, 5.74) is 15.3. The second kappa shape index (κ2) is 12.7. The van der Waals surface area contributed by atoms with Crippen molar-refractivity contribution in [2.45, 2.75) is 24.7 Å². The number of nitrogens with zero attached hydrogens (tertiary/aromatic N) is 2. The number of allylic oxidation sites excluding steroid dienone is 4. The Balaban J connectivity index is 1.15. The molecule has 2 nitrogen and oxygen atoms in total. The van der Waals surface area contributed by atoms with Crippen molar-refractivity contribution in [1.29, 1.82) is 0 Å². The Morgan fingerprint density at radius 3 is 1.25 bits per heavy atom. The quantitative estimate of drug-likeness (QED) is 0.160. The van der Waals surface area contributed by atoms with Crippen LogP contribution >= 0.6 is 0 Å². The monoisotopic (exact) mass is 754 g/mol. The average molecular weight is 755 g/mol. The van der Waals surface area contributed by atoms with Crippen molar-refractivity contribution < 1.29 is 0 Å². The summed E-state index contributed by atoms with van der Waals surface area (Å²) in [7, 11) is 0. The van der Waals surface area contributed by atoms with E-state index >= 15 is 0 Å². The molecule has 2 bridgehead atoms. The fourth-order valence-corrected chi connectivity index (χ4v) is 10.9. The summed E-state index contributed by atoms with van der Waals surface area (Å²) < 4.78 is 4.90. The van der Waals surface area contributed by atoms with Gasteiger partial charge >= 0.3 is 0 Å². The summed E-state index contributed by atoms with van der Waals surface area (Å²) in [6.07, 6.45) is 7.45. The van der Waals surface area contributed by atoms with Crippen LogP contribution < -0.4 is 0 Å². The number of rotatable bonds is 6. The Kier molecular flexibility index (Phi) is 7.29. The third kappa shape index (κ3) is 4.57. The molecule has 0 amide bonds. The lowest BCUT2D eigenvalue weighted by molar-refractivity contribution is 0.579. The highest BCUT2D eigenvalue weighted by Crippen LogP contribution is 2.63. The first-order valence-corrected chi connectivity index (χ1v) is 20.9. The van der Waals surface area contributed by atoms with Gasteiger partial charge in [-0.15, -0.1) is 0 Å². The molecule has 2 heterocycles. The van der Waals surface area contributed by atoms with Crippen molar-refractivity contribution in [3.8, 4) is 11.4 Å². The molecule has 0 aliphatic heterocycles. The van der Waals surface area contributed by atoms with Gasteiger partial charge in [0.1, 0.15) is 0 Å². The normalized spacial score (nSPS) is 18.3. The van der Waals surface area contributed by atoms with Crippen LogP contribution in [0.4, 0.5) is 0 Å². The molecular formula is C57H42N2. The van der Waals surface area contributed by atoms with Crippen LogP contribution in [0.3, 0.4) is 0 Å². The van der Waals surface area contributed by atoms with E-state index in [4.69, 9.17) is 0 Å². The van der Waals surface area contributed by atoms with Crippen LogP contribution in [-0.2, 0) is 10.8 Å². The van der Waals surface area contributed by atoms with Gasteiger partial charge < -0.3 is 9.13 Å². The van der Waals surface area contributed by atoms with Gasteiger partial charge in [0.2, 0.25) is 0 Å². The zero-order valence-corrected chi connectivity index (χ0v) is 33.2. The summed E-state index contributed by atoms with van der Waals surface area (Å²) in [6, 6.07) is 72.5. The highest BCUT2D eigenvalue weighted by atomic mass is 15.0. The number of hydrogen-bond acceptors (Lipinski definition) is 0. The highest BCUT2D eigenvalue weighted by Gasteiger charge is 2.57. The van der Waals surface area contributed by atoms with E-state index in [9.17, 15) is 0 Å². The van der Waals surface area contributed by atoms with Crippen molar-refractivity contribution in [3.63, 3.8) is 0 Å². The molecule has 0 N–H and O–H groups in total. The maximum atomic E-state index is 2.62. The standard InChI is InChI=1S/C57H42N2/c1-38(2)33-34-41-37-56(39-17-15-19-42(35-39)58-52-29-11-3-21-44(52)45-22-4-12-30-53(45)58)48-25-7-9-27-50(48)57(41,51-28-10-8-26-49(51)56)40-18-16-20-43(36-40)59-54-31-13-5-23-46(54)47-24-6-14-32-55(47)59/h3-38H,1-2H3/b34-33-. The summed E-state index contributed by atoms with van der Waals surface area (Å²) in [5.74, 6) is 0.386. The summed E-state index contributed by atoms with van der Waals surface area (Å²) in [4.78, 5) is 0. The van der Waals surface area contributed by atoms with Crippen molar-refractivity contribution in [3.05, 3.63) is 251 Å². The smallest absolute Gasteiger partial charge is 0.0706 e. The summed E-state index contributed by atoms with van der Waals surface area (Å²) >= 11 is 0. The maximum absolute atomic E-state index is 2.62. The van der Waals surface area contributed by atoms with E-state index in [1.54, 1.807) is 0 Å². The minimum Gasteiger partial charge on any atom is -0.309 e. The molecule has 59 heavy (non-hydrogen) atoms. The van der Waals surface area contributed by atoms with Gasteiger partial charge in [-0.2, -0.15) is 0 Å². The van der Waals surface area contributed by atoms with E-state index in [-0.39, 0.29) is 0 Å². The van der Waals surface area contributed by atoms with Crippen LogP contribution in [0.1, 0.15) is 47.2 Å². The van der Waals surface area contributed by atoms with Crippen molar-refractivity contribution in [2.75, 3.05) is 0 Å². The molecule has 0 unspecified atom stereocenters.